The molecule has 0 radical (unpaired) electrons. The van der Waals surface area contributed by atoms with Gasteiger partial charge in [0.2, 0.25) is 0 Å². The summed E-state index contributed by atoms with van der Waals surface area (Å²) in [6, 6.07) is 13.7. The van der Waals surface area contributed by atoms with Crippen LogP contribution in [-0.4, -0.2) is 44.7 Å². The average Bonchev–Trinajstić information content (AvgIpc) is 2.69. The number of rotatable bonds is 5. The van der Waals surface area contributed by atoms with Crippen LogP contribution < -0.4 is 15.5 Å². The molecule has 2 N–H and O–H groups in total. The van der Waals surface area contributed by atoms with E-state index in [1.807, 2.05) is 12.1 Å². The van der Waals surface area contributed by atoms with Crippen molar-refractivity contribution in [3.63, 3.8) is 0 Å². The Morgan fingerprint density at radius 3 is 2.31 bits per heavy atom. The number of morpholine rings is 1. The zero-order valence-corrected chi connectivity index (χ0v) is 15.0. The highest BCUT2D eigenvalue weighted by Gasteiger charge is 2.13. The highest BCUT2D eigenvalue weighted by Crippen LogP contribution is 2.17. The van der Waals surface area contributed by atoms with Crippen molar-refractivity contribution >= 4 is 34.8 Å². The number of anilines is 2. The van der Waals surface area contributed by atoms with Crippen LogP contribution in [0.15, 0.2) is 48.5 Å². The number of amides is 2. The smallest absolute Gasteiger partial charge is 0.319 e. The Bertz CT molecular complexity index is 757. The molecule has 6 nitrogen and oxygen atoms in total. The Balaban J connectivity index is 1.49. The van der Waals surface area contributed by atoms with E-state index in [-0.39, 0.29) is 12.3 Å². The summed E-state index contributed by atoms with van der Waals surface area (Å²) >= 11 is 5.80. The fraction of sp³-hybridized carbons (Fsp3) is 0.263. The van der Waals surface area contributed by atoms with Crippen molar-refractivity contribution in [3.8, 4) is 0 Å². The molecule has 2 aromatic carbocycles. The molecular formula is C19H20ClN3O3. The minimum Gasteiger partial charge on any atom is -0.378 e. The third-order valence-electron chi connectivity index (χ3n) is 4.08. The maximum absolute atomic E-state index is 12.2. The molecular weight excluding hydrogens is 354 g/mol. The van der Waals surface area contributed by atoms with Gasteiger partial charge >= 0.3 is 6.03 Å². The predicted molar refractivity (Wildman–Crippen MR) is 102 cm³/mol. The SMILES string of the molecule is O=C(NCC(=O)c1ccc(N2CCOCC2)cc1)Nc1ccc(Cl)cc1. The molecule has 2 amide bonds. The average molecular weight is 374 g/mol. The van der Waals surface area contributed by atoms with Crippen LogP contribution >= 0.6 is 11.6 Å². The first-order chi connectivity index (χ1) is 12.6. The Morgan fingerprint density at radius 1 is 1.00 bits per heavy atom. The molecule has 0 aliphatic carbocycles. The molecule has 0 unspecified atom stereocenters. The van der Waals surface area contributed by atoms with Crippen molar-refractivity contribution < 1.29 is 14.3 Å². The summed E-state index contributed by atoms with van der Waals surface area (Å²) < 4.78 is 5.34. The molecule has 1 aliphatic rings. The van der Waals surface area contributed by atoms with Crippen LogP contribution in [-0.2, 0) is 4.74 Å². The molecule has 0 bridgehead atoms. The minimum absolute atomic E-state index is 0.0731. The van der Waals surface area contributed by atoms with Crippen LogP contribution in [0.3, 0.4) is 0 Å². The zero-order valence-electron chi connectivity index (χ0n) is 14.2. The number of hydrogen-bond donors (Lipinski definition) is 2. The quantitative estimate of drug-likeness (QED) is 0.790. The number of nitrogens with zero attached hydrogens (tertiary/aromatic N) is 1. The highest BCUT2D eigenvalue weighted by atomic mass is 35.5. The fourth-order valence-corrected chi connectivity index (χ4v) is 2.78. The van der Waals surface area contributed by atoms with E-state index in [9.17, 15) is 9.59 Å². The highest BCUT2D eigenvalue weighted by molar-refractivity contribution is 6.30. The maximum Gasteiger partial charge on any atom is 0.319 e. The first kappa shape index (κ1) is 18.2. The van der Waals surface area contributed by atoms with E-state index in [1.165, 1.54) is 0 Å². The van der Waals surface area contributed by atoms with Crippen LogP contribution in [0.5, 0.6) is 0 Å². The number of carbonyl (C=O) groups excluding carboxylic acids is 2. The standard InChI is InChI=1S/C19H20ClN3O3/c20-15-3-5-16(6-4-15)22-19(25)21-13-18(24)14-1-7-17(8-2-14)23-9-11-26-12-10-23/h1-8H,9-13H2,(H2,21,22,25). The predicted octanol–water partition coefficient (Wildman–Crippen LogP) is 3.18. The van der Waals surface area contributed by atoms with Gasteiger partial charge in [0.25, 0.3) is 0 Å². The molecule has 0 spiro atoms. The molecule has 0 aromatic heterocycles. The second-order valence-electron chi connectivity index (χ2n) is 5.88. The van der Waals surface area contributed by atoms with Crippen LogP contribution in [0, 0.1) is 0 Å². The number of Topliss-reactive ketones (excluding diaryl/α,β-unsaturated/α-hetero) is 1. The van der Waals surface area contributed by atoms with E-state index < -0.39 is 6.03 Å². The Kier molecular flexibility index (Phi) is 6.09. The fourth-order valence-electron chi connectivity index (χ4n) is 2.65. The summed E-state index contributed by atoms with van der Waals surface area (Å²) in [5.41, 5.74) is 2.24. The van der Waals surface area contributed by atoms with Gasteiger partial charge in [-0.05, 0) is 48.5 Å². The number of carbonyl (C=O) groups is 2. The lowest BCUT2D eigenvalue weighted by molar-refractivity contribution is 0.0993. The van der Waals surface area contributed by atoms with Gasteiger partial charge in [-0.15, -0.1) is 0 Å². The number of halogens is 1. The van der Waals surface area contributed by atoms with Crippen molar-refractivity contribution in [1.29, 1.82) is 0 Å². The lowest BCUT2D eigenvalue weighted by Gasteiger charge is -2.28. The number of ketones is 1. The van der Waals surface area contributed by atoms with Gasteiger partial charge in [0.15, 0.2) is 5.78 Å². The molecule has 1 saturated heterocycles. The molecule has 1 aliphatic heterocycles. The molecule has 2 aromatic rings. The van der Waals surface area contributed by atoms with Crippen LogP contribution in [0.2, 0.25) is 5.02 Å². The van der Waals surface area contributed by atoms with Crippen molar-refractivity contribution in [3.05, 3.63) is 59.1 Å². The van der Waals surface area contributed by atoms with Crippen molar-refractivity contribution in [1.82, 2.24) is 5.32 Å². The minimum atomic E-state index is -0.439. The van der Waals surface area contributed by atoms with Gasteiger partial charge in [0.05, 0.1) is 19.8 Å². The molecule has 26 heavy (non-hydrogen) atoms. The Labute approximate surface area is 157 Å². The third-order valence-corrected chi connectivity index (χ3v) is 4.33. The summed E-state index contributed by atoms with van der Waals surface area (Å²) in [6.07, 6.45) is 0. The van der Waals surface area contributed by atoms with Gasteiger partial charge < -0.3 is 20.3 Å². The van der Waals surface area contributed by atoms with E-state index in [0.29, 0.717) is 29.5 Å². The van der Waals surface area contributed by atoms with Gasteiger partial charge in [-0.1, -0.05) is 11.6 Å². The maximum atomic E-state index is 12.2. The van der Waals surface area contributed by atoms with E-state index in [4.69, 9.17) is 16.3 Å². The van der Waals surface area contributed by atoms with Gasteiger partial charge in [-0.3, -0.25) is 4.79 Å². The second kappa shape index (κ2) is 8.69. The van der Waals surface area contributed by atoms with Crippen LogP contribution in [0.4, 0.5) is 16.2 Å². The molecule has 3 rings (SSSR count). The molecule has 0 saturated carbocycles. The van der Waals surface area contributed by atoms with Gasteiger partial charge in [0.1, 0.15) is 0 Å². The monoisotopic (exact) mass is 373 g/mol. The van der Waals surface area contributed by atoms with Gasteiger partial charge in [-0.2, -0.15) is 0 Å². The second-order valence-corrected chi connectivity index (χ2v) is 6.32. The van der Waals surface area contributed by atoms with E-state index >= 15 is 0 Å². The largest absolute Gasteiger partial charge is 0.378 e. The number of benzene rings is 2. The number of nitrogens with one attached hydrogen (secondary N) is 2. The summed E-state index contributed by atoms with van der Waals surface area (Å²) in [5, 5.41) is 5.80. The summed E-state index contributed by atoms with van der Waals surface area (Å²) in [6.45, 7) is 3.05. The Morgan fingerprint density at radius 2 is 1.65 bits per heavy atom. The van der Waals surface area contributed by atoms with Gasteiger partial charge in [-0.25, -0.2) is 4.79 Å². The van der Waals surface area contributed by atoms with Gasteiger partial charge in [0, 0.05) is 35.1 Å². The first-order valence-corrected chi connectivity index (χ1v) is 8.76. The normalized spacial score (nSPS) is 14.0. The third kappa shape index (κ3) is 4.97. The van der Waals surface area contributed by atoms with E-state index in [0.717, 1.165) is 18.8 Å². The zero-order chi connectivity index (χ0) is 18.4. The van der Waals surface area contributed by atoms with Crippen LogP contribution in [0.25, 0.3) is 0 Å². The molecule has 136 valence electrons. The molecule has 1 fully saturated rings. The number of ether oxygens (including phenoxy) is 1. The summed E-state index contributed by atoms with van der Waals surface area (Å²) in [4.78, 5) is 26.3. The number of urea groups is 1. The Hall–Kier alpha value is -2.57. The molecule has 0 atom stereocenters. The van der Waals surface area contributed by atoms with E-state index in [2.05, 4.69) is 15.5 Å². The van der Waals surface area contributed by atoms with Crippen LogP contribution in [0.1, 0.15) is 10.4 Å². The first-order valence-electron chi connectivity index (χ1n) is 8.38. The molecule has 1 heterocycles. The van der Waals surface area contributed by atoms with Crippen molar-refractivity contribution in [2.45, 2.75) is 0 Å². The topological polar surface area (TPSA) is 70.7 Å². The lowest BCUT2D eigenvalue weighted by Crippen LogP contribution is -2.36. The summed E-state index contributed by atoms with van der Waals surface area (Å²) in [7, 11) is 0. The lowest BCUT2D eigenvalue weighted by atomic mass is 10.1. The molecule has 7 heteroatoms. The van der Waals surface area contributed by atoms with Crippen molar-refractivity contribution in [2.75, 3.05) is 43.1 Å². The summed E-state index contributed by atoms with van der Waals surface area (Å²) in [5.74, 6) is -0.148. The number of hydrogen-bond acceptors (Lipinski definition) is 4. The van der Waals surface area contributed by atoms with E-state index in [1.54, 1.807) is 36.4 Å². The van der Waals surface area contributed by atoms with Crippen molar-refractivity contribution in [2.24, 2.45) is 0 Å².